The number of hydrogen-bond donors (Lipinski definition) is 1. The highest BCUT2D eigenvalue weighted by molar-refractivity contribution is 5.89. The van der Waals surface area contributed by atoms with Crippen molar-refractivity contribution >= 4 is 5.97 Å². The molecule has 0 spiro atoms. The lowest BCUT2D eigenvalue weighted by Crippen LogP contribution is -2.31. The standard InChI is InChI=1S/C15H18O3/c1-8-4-5-10-9(2)7-12-13(11(10)6-8)15(3,17)14(16)18-12/h7-8,17H,4-6H2,1-3H3/t8-,15+/m1/s1. The molecule has 1 aliphatic heterocycles. The Bertz CT molecular complexity index is 543. The third-order valence-electron chi connectivity index (χ3n) is 4.26. The van der Waals surface area contributed by atoms with Crippen LogP contribution in [0.5, 0.6) is 5.75 Å². The number of esters is 1. The smallest absolute Gasteiger partial charge is 0.348 e. The Kier molecular flexibility index (Phi) is 2.33. The fourth-order valence-electron chi connectivity index (χ4n) is 3.22. The highest BCUT2D eigenvalue weighted by Gasteiger charge is 2.46. The molecule has 1 heterocycles. The maximum atomic E-state index is 11.8. The van der Waals surface area contributed by atoms with Crippen molar-refractivity contribution in [3.63, 3.8) is 0 Å². The second kappa shape index (κ2) is 3.58. The number of ether oxygens (including phenoxy) is 1. The molecule has 0 saturated heterocycles. The summed E-state index contributed by atoms with van der Waals surface area (Å²) in [7, 11) is 0. The second-order valence-electron chi connectivity index (χ2n) is 5.83. The van der Waals surface area contributed by atoms with Gasteiger partial charge in [0.15, 0.2) is 5.60 Å². The van der Waals surface area contributed by atoms with Gasteiger partial charge in [-0.2, -0.15) is 0 Å². The molecule has 1 aromatic rings. The van der Waals surface area contributed by atoms with Crippen molar-refractivity contribution in [3.05, 3.63) is 28.3 Å². The second-order valence-corrected chi connectivity index (χ2v) is 5.83. The van der Waals surface area contributed by atoms with Gasteiger partial charge in [0.25, 0.3) is 0 Å². The first-order chi connectivity index (χ1) is 8.41. The molecule has 0 unspecified atom stereocenters. The van der Waals surface area contributed by atoms with Gasteiger partial charge in [0.1, 0.15) is 5.75 Å². The van der Waals surface area contributed by atoms with E-state index in [0.29, 0.717) is 17.2 Å². The Morgan fingerprint density at radius 2 is 2.17 bits per heavy atom. The van der Waals surface area contributed by atoms with Crippen molar-refractivity contribution in [1.82, 2.24) is 0 Å². The highest BCUT2D eigenvalue weighted by atomic mass is 16.6. The number of rotatable bonds is 0. The van der Waals surface area contributed by atoms with E-state index >= 15 is 0 Å². The van der Waals surface area contributed by atoms with Crippen LogP contribution in [0.25, 0.3) is 0 Å². The van der Waals surface area contributed by atoms with Crippen LogP contribution in [0.2, 0.25) is 0 Å². The van der Waals surface area contributed by atoms with E-state index in [1.54, 1.807) is 0 Å². The SMILES string of the molecule is Cc1cc2c(c3c1CC[C@@H](C)C3)[C@](C)(O)C(=O)O2. The van der Waals surface area contributed by atoms with Crippen molar-refractivity contribution in [1.29, 1.82) is 0 Å². The number of aliphatic hydroxyl groups is 1. The number of benzene rings is 1. The zero-order chi connectivity index (χ0) is 13.1. The van der Waals surface area contributed by atoms with Crippen LogP contribution < -0.4 is 4.74 Å². The molecule has 1 aromatic carbocycles. The molecule has 3 nitrogen and oxygen atoms in total. The average molecular weight is 246 g/mol. The summed E-state index contributed by atoms with van der Waals surface area (Å²) in [5.74, 6) is 0.591. The molecule has 0 radical (unpaired) electrons. The number of hydrogen-bond acceptors (Lipinski definition) is 3. The van der Waals surface area contributed by atoms with Crippen LogP contribution in [-0.4, -0.2) is 11.1 Å². The molecule has 0 bridgehead atoms. The fraction of sp³-hybridized carbons (Fsp3) is 0.533. The predicted molar refractivity (Wildman–Crippen MR) is 67.6 cm³/mol. The largest absolute Gasteiger partial charge is 0.424 e. The molecule has 18 heavy (non-hydrogen) atoms. The van der Waals surface area contributed by atoms with Crippen LogP contribution in [-0.2, 0) is 23.2 Å². The molecule has 96 valence electrons. The number of fused-ring (bicyclic) bond motifs is 3. The van der Waals surface area contributed by atoms with Crippen LogP contribution in [0.3, 0.4) is 0 Å². The van der Waals surface area contributed by atoms with E-state index in [9.17, 15) is 9.90 Å². The van der Waals surface area contributed by atoms with E-state index in [1.807, 2.05) is 6.07 Å². The predicted octanol–water partition coefficient (Wildman–Crippen LogP) is 2.25. The minimum Gasteiger partial charge on any atom is -0.424 e. The quantitative estimate of drug-likeness (QED) is 0.564. The first kappa shape index (κ1) is 11.7. The maximum absolute atomic E-state index is 11.8. The van der Waals surface area contributed by atoms with E-state index in [-0.39, 0.29) is 0 Å². The number of carbonyl (C=O) groups is 1. The van der Waals surface area contributed by atoms with Gasteiger partial charge in [-0.25, -0.2) is 4.79 Å². The normalized spacial score (nSPS) is 29.8. The van der Waals surface area contributed by atoms with Crippen molar-refractivity contribution < 1.29 is 14.6 Å². The topological polar surface area (TPSA) is 46.5 Å². The van der Waals surface area contributed by atoms with Gasteiger partial charge in [0.05, 0.1) is 0 Å². The van der Waals surface area contributed by atoms with E-state index in [0.717, 1.165) is 18.4 Å². The van der Waals surface area contributed by atoms with Gasteiger partial charge in [0, 0.05) is 5.56 Å². The van der Waals surface area contributed by atoms with Gasteiger partial charge in [-0.05, 0) is 61.8 Å². The van der Waals surface area contributed by atoms with E-state index < -0.39 is 11.6 Å². The molecule has 0 saturated carbocycles. The maximum Gasteiger partial charge on any atom is 0.348 e. The number of carbonyl (C=O) groups excluding carboxylic acids is 1. The lowest BCUT2D eigenvalue weighted by Gasteiger charge is -2.27. The molecular weight excluding hydrogens is 228 g/mol. The molecule has 3 heteroatoms. The van der Waals surface area contributed by atoms with Crippen molar-refractivity contribution in [2.45, 2.75) is 45.6 Å². The van der Waals surface area contributed by atoms with Gasteiger partial charge in [-0.1, -0.05) is 6.92 Å². The highest BCUT2D eigenvalue weighted by Crippen LogP contribution is 2.45. The Morgan fingerprint density at radius 3 is 2.89 bits per heavy atom. The summed E-state index contributed by atoms with van der Waals surface area (Å²) in [6.07, 6.45) is 3.12. The van der Waals surface area contributed by atoms with Crippen molar-refractivity contribution in [3.8, 4) is 5.75 Å². The Labute approximate surface area is 107 Å². The molecule has 0 aromatic heterocycles. The molecule has 1 aliphatic carbocycles. The van der Waals surface area contributed by atoms with E-state index in [1.165, 1.54) is 24.5 Å². The summed E-state index contributed by atoms with van der Waals surface area (Å²) >= 11 is 0. The molecular formula is C15H18O3. The summed E-state index contributed by atoms with van der Waals surface area (Å²) in [6.45, 7) is 5.80. The molecule has 0 fully saturated rings. The van der Waals surface area contributed by atoms with Gasteiger partial charge in [-0.3, -0.25) is 0 Å². The fourth-order valence-corrected chi connectivity index (χ4v) is 3.22. The monoisotopic (exact) mass is 246 g/mol. The Balaban J connectivity index is 2.27. The molecule has 2 atom stereocenters. The van der Waals surface area contributed by atoms with Crippen LogP contribution in [0.4, 0.5) is 0 Å². The Hall–Kier alpha value is -1.35. The lowest BCUT2D eigenvalue weighted by molar-refractivity contribution is -0.150. The molecule has 3 rings (SSSR count). The van der Waals surface area contributed by atoms with Gasteiger partial charge in [-0.15, -0.1) is 0 Å². The van der Waals surface area contributed by atoms with E-state index in [4.69, 9.17) is 4.74 Å². The van der Waals surface area contributed by atoms with Crippen LogP contribution in [0.15, 0.2) is 6.07 Å². The van der Waals surface area contributed by atoms with Crippen LogP contribution in [0.1, 0.15) is 42.5 Å². The average Bonchev–Trinajstić information content (AvgIpc) is 2.49. The summed E-state index contributed by atoms with van der Waals surface area (Å²) in [4.78, 5) is 11.8. The summed E-state index contributed by atoms with van der Waals surface area (Å²) < 4.78 is 5.22. The number of aryl methyl sites for hydroxylation is 1. The zero-order valence-corrected chi connectivity index (χ0v) is 11.0. The molecule has 2 aliphatic rings. The summed E-state index contributed by atoms with van der Waals surface area (Å²) in [5, 5.41) is 10.4. The van der Waals surface area contributed by atoms with E-state index in [2.05, 4.69) is 13.8 Å². The Morgan fingerprint density at radius 1 is 1.44 bits per heavy atom. The third kappa shape index (κ3) is 1.43. The minimum atomic E-state index is -1.48. The molecule has 1 N–H and O–H groups in total. The minimum absolute atomic E-state index is 0.551. The third-order valence-corrected chi connectivity index (χ3v) is 4.26. The first-order valence-corrected chi connectivity index (χ1v) is 6.51. The van der Waals surface area contributed by atoms with Crippen LogP contribution in [0, 0.1) is 12.8 Å². The molecule has 0 amide bonds. The summed E-state index contributed by atoms with van der Waals surface area (Å²) in [5.41, 5.74) is 2.83. The first-order valence-electron chi connectivity index (χ1n) is 6.51. The van der Waals surface area contributed by atoms with Crippen molar-refractivity contribution in [2.24, 2.45) is 5.92 Å². The van der Waals surface area contributed by atoms with Crippen LogP contribution >= 0.6 is 0 Å². The van der Waals surface area contributed by atoms with Gasteiger partial charge in [0.2, 0.25) is 0 Å². The lowest BCUT2D eigenvalue weighted by atomic mass is 9.77. The van der Waals surface area contributed by atoms with Crippen molar-refractivity contribution in [2.75, 3.05) is 0 Å². The zero-order valence-electron chi connectivity index (χ0n) is 11.0. The summed E-state index contributed by atoms with van der Waals surface area (Å²) in [6, 6.07) is 1.89. The van der Waals surface area contributed by atoms with Gasteiger partial charge < -0.3 is 9.84 Å². The van der Waals surface area contributed by atoms with Gasteiger partial charge >= 0.3 is 5.97 Å².